The number of H-pyrrole nitrogens is 1. The van der Waals surface area contributed by atoms with Crippen molar-refractivity contribution in [3.05, 3.63) is 108 Å². The number of hydrogen-bond donors (Lipinski definition) is 3. The van der Waals surface area contributed by atoms with Crippen LogP contribution in [-0.2, 0) is 22.6 Å². The summed E-state index contributed by atoms with van der Waals surface area (Å²) in [6.45, 7) is 0.0802. The number of benzene rings is 3. The average Bonchev–Trinajstić information content (AvgIpc) is 3.27. The Morgan fingerprint density at radius 1 is 1.00 bits per heavy atom. The molecule has 4 rings (SSSR count). The number of carbonyl (C=O) groups excluding carboxylic acids is 2. The van der Waals surface area contributed by atoms with Gasteiger partial charge in [0.1, 0.15) is 18.5 Å². The Balaban J connectivity index is 1.45. The number of ether oxygens (including phenoxy) is 1. The molecular formula is C26H23FN4O3. The van der Waals surface area contributed by atoms with E-state index in [2.05, 4.69) is 20.8 Å². The minimum Gasteiger partial charge on any atom is -0.445 e. The molecule has 0 fully saturated rings. The van der Waals surface area contributed by atoms with Gasteiger partial charge >= 0.3 is 6.09 Å². The number of nitrogens with zero attached hydrogens (tertiary/aromatic N) is 1. The number of halogens is 1. The van der Waals surface area contributed by atoms with Crippen LogP contribution in [0.2, 0.25) is 0 Å². The maximum atomic E-state index is 13.1. The number of amides is 2. The summed E-state index contributed by atoms with van der Waals surface area (Å²) in [7, 11) is 0. The lowest BCUT2D eigenvalue weighted by Gasteiger charge is -2.17. The minimum atomic E-state index is -0.937. The second-order valence-electron chi connectivity index (χ2n) is 7.61. The first-order valence-electron chi connectivity index (χ1n) is 10.7. The van der Waals surface area contributed by atoms with Gasteiger partial charge in [-0.3, -0.25) is 4.79 Å². The summed E-state index contributed by atoms with van der Waals surface area (Å²) in [6.07, 6.45) is 2.71. The van der Waals surface area contributed by atoms with E-state index in [-0.39, 0.29) is 18.8 Å². The van der Waals surface area contributed by atoms with E-state index in [1.165, 1.54) is 30.5 Å². The van der Waals surface area contributed by atoms with Crippen molar-refractivity contribution in [3.8, 4) is 0 Å². The van der Waals surface area contributed by atoms with E-state index in [0.29, 0.717) is 5.56 Å². The Hall–Kier alpha value is -4.46. The number of hydrazone groups is 1. The molecule has 0 aliphatic heterocycles. The van der Waals surface area contributed by atoms with Gasteiger partial charge in [0.05, 0.1) is 6.21 Å². The summed E-state index contributed by atoms with van der Waals surface area (Å²) < 4.78 is 18.3. The van der Waals surface area contributed by atoms with Gasteiger partial charge in [0.25, 0.3) is 5.91 Å². The molecule has 2 amide bonds. The molecule has 0 unspecified atom stereocenters. The number of aromatic nitrogens is 1. The van der Waals surface area contributed by atoms with E-state index in [1.807, 2.05) is 60.8 Å². The van der Waals surface area contributed by atoms with Crippen LogP contribution in [0.25, 0.3) is 10.9 Å². The highest BCUT2D eigenvalue weighted by molar-refractivity contribution is 5.89. The molecule has 0 bridgehead atoms. The van der Waals surface area contributed by atoms with Crippen LogP contribution in [0, 0.1) is 5.82 Å². The van der Waals surface area contributed by atoms with Gasteiger partial charge in [-0.25, -0.2) is 14.6 Å². The number of hydrogen-bond acceptors (Lipinski definition) is 4. The Kier molecular flexibility index (Phi) is 7.29. The third-order valence-corrected chi connectivity index (χ3v) is 5.18. The fourth-order valence-electron chi connectivity index (χ4n) is 3.43. The lowest BCUT2D eigenvalue weighted by Crippen LogP contribution is -2.47. The van der Waals surface area contributed by atoms with Crippen LogP contribution in [0.5, 0.6) is 0 Å². The van der Waals surface area contributed by atoms with Gasteiger partial charge in [-0.2, -0.15) is 5.10 Å². The van der Waals surface area contributed by atoms with Crippen molar-refractivity contribution >= 4 is 29.1 Å². The van der Waals surface area contributed by atoms with Crippen LogP contribution in [0.1, 0.15) is 16.7 Å². The molecule has 8 heteroatoms. The molecule has 0 aliphatic rings. The Labute approximate surface area is 195 Å². The highest BCUT2D eigenvalue weighted by Crippen LogP contribution is 2.19. The predicted molar refractivity (Wildman–Crippen MR) is 128 cm³/mol. The molecule has 1 heterocycles. The van der Waals surface area contributed by atoms with Crippen LogP contribution in [0.15, 0.2) is 90.2 Å². The van der Waals surface area contributed by atoms with Crippen molar-refractivity contribution in [3.63, 3.8) is 0 Å². The van der Waals surface area contributed by atoms with E-state index in [4.69, 9.17) is 4.74 Å². The Morgan fingerprint density at radius 3 is 2.53 bits per heavy atom. The highest BCUT2D eigenvalue weighted by atomic mass is 19.1. The first-order valence-corrected chi connectivity index (χ1v) is 10.7. The number of alkyl carbamates (subject to hydrolysis) is 1. The molecular weight excluding hydrogens is 435 g/mol. The smallest absolute Gasteiger partial charge is 0.408 e. The van der Waals surface area contributed by atoms with Gasteiger partial charge in [-0.15, -0.1) is 0 Å². The third-order valence-electron chi connectivity index (χ3n) is 5.18. The zero-order chi connectivity index (χ0) is 23.8. The maximum Gasteiger partial charge on any atom is 0.408 e. The molecule has 3 N–H and O–H groups in total. The van der Waals surface area contributed by atoms with Crippen LogP contribution in [0.4, 0.5) is 9.18 Å². The predicted octanol–water partition coefficient (Wildman–Crippen LogP) is 4.29. The molecule has 1 aromatic heterocycles. The first kappa shape index (κ1) is 22.7. The summed E-state index contributed by atoms with van der Waals surface area (Å²) in [5.74, 6) is -0.876. The van der Waals surface area contributed by atoms with E-state index >= 15 is 0 Å². The standard InChI is InChI=1S/C26H23FN4O3/c27-21-12-10-18(11-13-21)15-29-31-25(32)24(14-20-16-28-23-9-5-4-8-22(20)23)30-26(33)34-17-19-6-2-1-3-7-19/h1-13,15-16,24,28H,14,17H2,(H,30,33)(H,31,32)/b29-15-/t24-/m0/s1. The quantitative estimate of drug-likeness (QED) is 0.271. The largest absolute Gasteiger partial charge is 0.445 e. The Bertz CT molecular complexity index is 1290. The topological polar surface area (TPSA) is 95.6 Å². The number of para-hydroxylation sites is 1. The van der Waals surface area contributed by atoms with Crippen LogP contribution < -0.4 is 10.7 Å². The van der Waals surface area contributed by atoms with Gasteiger partial charge < -0.3 is 15.0 Å². The zero-order valence-electron chi connectivity index (χ0n) is 18.2. The molecule has 0 aliphatic carbocycles. The first-order chi connectivity index (χ1) is 16.6. The van der Waals surface area contributed by atoms with Crippen LogP contribution in [-0.4, -0.2) is 29.2 Å². The highest BCUT2D eigenvalue weighted by Gasteiger charge is 2.23. The van der Waals surface area contributed by atoms with E-state index in [1.54, 1.807) is 0 Å². The summed E-state index contributed by atoms with van der Waals surface area (Å²) in [5.41, 5.74) is 5.68. The lowest BCUT2D eigenvalue weighted by atomic mass is 10.0. The van der Waals surface area contributed by atoms with Crippen molar-refractivity contribution in [2.24, 2.45) is 5.10 Å². The van der Waals surface area contributed by atoms with Crippen molar-refractivity contribution in [2.75, 3.05) is 0 Å². The number of fused-ring (bicyclic) bond motifs is 1. The average molecular weight is 458 g/mol. The molecule has 7 nitrogen and oxygen atoms in total. The van der Waals surface area contributed by atoms with Gasteiger partial charge in [0.2, 0.25) is 0 Å². The summed E-state index contributed by atoms with van der Waals surface area (Å²) in [4.78, 5) is 28.5. The van der Waals surface area contributed by atoms with Gasteiger partial charge in [0.15, 0.2) is 0 Å². The normalized spacial score (nSPS) is 11.9. The number of aromatic amines is 1. The number of nitrogens with one attached hydrogen (secondary N) is 3. The summed E-state index contributed by atoms with van der Waals surface area (Å²) in [6, 6.07) is 21.7. The van der Waals surface area contributed by atoms with Crippen molar-refractivity contribution in [2.45, 2.75) is 19.1 Å². The fourth-order valence-corrected chi connectivity index (χ4v) is 3.43. The van der Waals surface area contributed by atoms with Crippen molar-refractivity contribution in [1.29, 1.82) is 0 Å². The number of carbonyl (C=O) groups is 2. The van der Waals surface area contributed by atoms with E-state index in [0.717, 1.165) is 22.0 Å². The van der Waals surface area contributed by atoms with Crippen molar-refractivity contribution in [1.82, 2.24) is 15.7 Å². The second kappa shape index (κ2) is 10.9. The minimum absolute atomic E-state index is 0.0802. The van der Waals surface area contributed by atoms with Gasteiger partial charge in [0, 0.05) is 23.5 Å². The molecule has 0 saturated carbocycles. The second-order valence-corrected chi connectivity index (χ2v) is 7.61. The molecule has 172 valence electrons. The monoisotopic (exact) mass is 458 g/mol. The molecule has 34 heavy (non-hydrogen) atoms. The maximum absolute atomic E-state index is 13.1. The molecule has 1 atom stereocenters. The molecule has 4 aromatic rings. The molecule has 0 radical (unpaired) electrons. The Morgan fingerprint density at radius 2 is 1.74 bits per heavy atom. The summed E-state index contributed by atoms with van der Waals surface area (Å²) >= 11 is 0. The van der Waals surface area contributed by atoms with Gasteiger partial charge in [-0.1, -0.05) is 60.7 Å². The molecule has 3 aromatic carbocycles. The summed E-state index contributed by atoms with van der Waals surface area (Å²) in [5, 5.41) is 7.53. The molecule has 0 spiro atoms. The SMILES string of the molecule is O=C(N[C@@H](Cc1c[nH]c2ccccc12)C(=O)N/N=C\c1ccc(F)cc1)OCc1ccccc1. The van der Waals surface area contributed by atoms with Crippen molar-refractivity contribution < 1.29 is 18.7 Å². The fraction of sp³-hybridized carbons (Fsp3) is 0.115. The lowest BCUT2D eigenvalue weighted by molar-refractivity contribution is -0.123. The van der Waals surface area contributed by atoms with Crippen LogP contribution >= 0.6 is 0 Å². The third kappa shape index (κ3) is 6.07. The molecule has 0 saturated heterocycles. The van der Waals surface area contributed by atoms with Crippen LogP contribution in [0.3, 0.4) is 0 Å². The zero-order valence-corrected chi connectivity index (χ0v) is 18.2. The van der Waals surface area contributed by atoms with Gasteiger partial charge in [-0.05, 0) is 34.9 Å². The number of rotatable bonds is 8. The van der Waals surface area contributed by atoms with E-state index < -0.39 is 18.0 Å². The van der Waals surface area contributed by atoms with E-state index in [9.17, 15) is 14.0 Å².